The van der Waals surface area contributed by atoms with Crippen molar-refractivity contribution in [2.45, 2.75) is 39.3 Å². The van der Waals surface area contributed by atoms with Crippen LogP contribution in [0.1, 0.15) is 35.8 Å². The number of carbonyl (C=O) groups excluding carboxylic acids is 1. The molecule has 2 heterocycles. The van der Waals surface area contributed by atoms with Gasteiger partial charge in [0.2, 0.25) is 5.91 Å². The third-order valence-corrected chi connectivity index (χ3v) is 5.15. The zero-order chi connectivity index (χ0) is 19.8. The number of nitrogens with one attached hydrogen (secondary N) is 1. The first-order chi connectivity index (χ1) is 13.4. The van der Waals surface area contributed by atoms with E-state index in [4.69, 9.17) is 9.47 Å². The lowest BCUT2D eigenvalue weighted by Crippen LogP contribution is -2.33. The maximum absolute atomic E-state index is 12.7. The van der Waals surface area contributed by atoms with E-state index in [1.54, 1.807) is 13.8 Å². The maximum atomic E-state index is 12.7. The fourth-order valence-corrected chi connectivity index (χ4v) is 3.62. The van der Waals surface area contributed by atoms with Crippen molar-refractivity contribution in [3.63, 3.8) is 0 Å². The molecule has 1 fully saturated rings. The summed E-state index contributed by atoms with van der Waals surface area (Å²) >= 11 is 0. The molecule has 2 aliphatic rings. The molecule has 148 valence electrons. The first-order valence-electron chi connectivity index (χ1n) is 9.31. The number of fused-ring (bicyclic) bond motifs is 1. The largest absolute Gasteiger partial charge is 0.486 e. The highest BCUT2D eigenvalue weighted by atomic mass is 16.6. The van der Waals surface area contributed by atoms with Crippen molar-refractivity contribution in [3.05, 3.63) is 45.3 Å². The van der Waals surface area contributed by atoms with Gasteiger partial charge in [0.05, 0.1) is 11.0 Å². The Balaban J connectivity index is 1.51. The Hall–Kier alpha value is -3.10. The molecule has 1 unspecified atom stereocenters. The minimum atomic E-state index is -0.464. The van der Waals surface area contributed by atoms with Crippen molar-refractivity contribution in [1.29, 1.82) is 0 Å². The Morgan fingerprint density at radius 3 is 2.68 bits per heavy atom. The van der Waals surface area contributed by atoms with Crippen LogP contribution in [0.5, 0.6) is 11.5 Å². The highest BCUT2D eigenvalue weighted by Gasteiger charge is 2.34. The highest BCUT2D eigenvalue weighted by molar-refractivity contribution is 5.76. The SMILES string of the molecule is Cc1nn(CC(=O)NC(c2ccc3c(c2)OCCO3)C2CC2)c(C)c1[N+](=O)[O-]. The van der Waals surface area contributed by atoms with Crippen LogP contribution in [-0.4, -0.2) is 33.8 Å². The van der Waals surface area contributed by atoms with Gasteiger partial charge >= 0.3 is 5.69 Å². The van der Waals surface area contributed by atoms with Gasteiger partial charge in [-0.3, -0.25) is 19.6 Å². The van der Waals surface area contributed by atoms with E-state index < -0.39 is 4.92 Å². The van der Waals surface area contributed by atoms with Gasteiger partial charge in [-0.25, -0.2) is 0 Å². The lowest BCUT2D eigenvalue weighted by Gasteiger charge is -2.23. The Labute approximate surface area is 161 Å². The third-order valence-electron chi connectivity index (χ3n) is 5.15. The predicted octanol–water partition coefficient (Wildman–Crippen LogP) is 2.45. The molecule has 0 saturated heterocycles. The fraction of sp³-hybridized carbons (Fsp3) is 0.474. The molecule has 1 amide bonds. The molecule has 2 aromatic rings. The first-order valence-corrected chi connectivity index (χ1v) is 9.31. The Bertz CT molecular complexity index is 935. The van der Waals surface area contributed by atoms with E-state index in [0.29, 0.717) is 42.0 Å². The number of hydrogen-bond donors (Lipinski definition) is 1. The molecular weight excluding hydrogens is 364 g/mol. The number of hydrogen-bond acceptors (Lipinski definition) is 6. The molecule has 28 heavy (non-hydrogen) atoms. The van der Waals surface area contributed by atoms with E-state index >= 15 is 0 Å². The number of nitro groups is 1. The molecule has 0 bridgehead atoms. The zero-order valence-corrected chi connectivity index (χ0v) is 15.8. The summed E-state index contributed by atoms with van der Waals surface area (Å²) < 4.78 is 12.6. The van der Waals surface area contributed by atoms with E-state index in [9.17, 15) is 14.9 Å². The number of benzene rings is 1. The summed E-state index contributed by atoms with van der Waals surface area (Å²) in [5.74, 6) is 1.55. The topological polar surface area (TPSA) is 109 Å². The molecule has 1 N–H and O–H groups in total. The molecule has 4 rings (SSSR count). The summed E-state index contributed by atoms with van der Waals surface area (Å²) in [6.45, 7) is 4.15. The van der Waals surface area contributed by atoms with E-state index in [1.807, 2.05) is 18.2 Å². The molecule has 1 atom stereocenters. The lowest BCUT2D eigenvalue weighted by atomic mass is 10.0. The monoisotopic (exact) mass is 386 g/mol. The van der Waals surface area contributed by atoms with Gasteiger partial charge in [0.25, 0.3) is 0 Å². The molecule has 1 aliphatic heterocycles. The van der Waals surface area contributed by atoms with Crippen molar-refractivity contribution in [2.75, 3.05) is 13.2 Å². The van der Waals surface area contributed by atoms with Crippen molar-refractivity contribution in [1.82, 2.24) is 15.1 Å². The zero-order valence-electron chi connectivity index (χ0n) is 15.8. The van der Waals surface area contributed by atoms with Gasteiger partial charge in [0, 0.05) is 0 Å². The molecule has 1 saturated carbocycles. The van der Waals surface area contributed by atoms with Gasteiger partial charge in [-0.1, -0.05) is 6.07 Å². The van der Waals surface area contributed by atoms with E-state index in [2.05, 4.69) is 10.4 Å². The molecule has 9 heteroatoms. The Morgan fingerprint density at radius 1 is 1.32 bits per heavy atom. The van der Waals surface area contributed by atoms with Gasteiger partial charge in [-0.05, 0) is 50.3 Å². The van der Waals surface area contributed by atoms with E-state index in [0.717, 1.165) is 18.4 Å². The van der Waals surface area contributed by atoms with Crippen LogP contribution in [0.25, 0.3) is 0 Å². The van der Waals surface area contributed by atoms with Gasteiger partial charge in [0.1, 0.15) is 31.1 Å². The number of aromatic nitrogens is 2. The fourth-order valence-electron chi connectivity index (χ4n) is 3.62. The number of carbonyl (C=O) groups is 1. The normalized spacial score (nSPS) is 16.5. The number of ether oxygens (including phenoxy) is 2. The molecule has 0 radical (unpaired) electrons. The third kappa shape index (κ3) is 3.51. The summed E-state index contributed by atoms with van der Waals surface area (Å²) in [7, 11) is 0. The smallest absolute Gasteiger partial charge is 0.312 e. The van der Waals surface area contributed by atoms with Crippen LogP contribution in [-0.2, 0) is 11.3 Å². The summed E-state index contributed by atoms with van der Waals surface area (Å²) in [5, 5.41) is 18.4. The minimum Gasteiger partial charge on any atom is -0.486 e. The van der Waals surface area contributed by atoms with Gasteiger partial charge in [0.15, 0.2) is 11.5 Å². The van der Waals surface area contributed by atoms with E-state index in [-0.39, 0.29) is 24.2 Å². The average Bonchev–Trinajstić information content (AvgIpc) is 3.45. The predicted molar refractivity (Wildman–Crippen MR) is 99.4 cm³/mol. The second-order valence-electron chi connectivity index (χ2n) is 7.22. The standard InChI is InChI=1S/C19H22N4O5/c1-11-19(23(25)26)12(2)22(21-11)10-17(24)20-18(13-3-4-13)14-5-6-15-16(9-14)28-8-7-27-15/h5-6,9,13,18H,3-4,7-8,10H2,1-2H3,(H,20,24). The van der Waals surface area contributed by atoms with Gasteiger partial charge < -0.3 is 14.8 Å². The molecule has 9 nitrogen and oxygen atoms in total. The first kappa shape index (κ1) is 18.3. The van der Waals surface area contributed by atoms with Crippen molar-refractivity contribution < 1.29 is 19.2 Å². The summed E-state index contributed by atoms with van der Waals surface area (Å²) in [6.07, 6.45) is 2.09. The Morgan fingerprint density at radius 2 is 2.04 bits per heavy atom. The van der Waals surface area contributed by atoms with Crippen LogP contribution in [0, 0.1) is 29.9 Å². The number of aryl methyl sites for hydroxylation is 1. The van der Waals surface area contributed by atoms with Crippen molar-refractivity contribution >= 4 is 11.6 Å². The van der Waals surface area contributed by atoms with Crippen LogP contribution in [0.3, 0.4) is 0 Å². The molecule has 0 spiro atoms. The second-order valence-corrected chi connectivity index (χ2v) is 7.22. The van der Waals surface area contributed by atoms with Crippen LogP contribution >= 0.6 is 0 Å². The van der Waals surface area contributed by atoms with Crippen molar-refractivity contribution in [3.8, 4) is 11.5 Å². The molecular formula is C19H22N4O5. The summed E-state index contributed by atoms with van der Waals surface area (Å²) in [5.41, 5.74) is 1.61. The van der Waals surface area contributed by atoms with Crippen molar-refractivity contribution in [2.24, 2.45) is 5.92 Å². The van der Waals surface area contributed by atoms with E-state index in [1.165, 1.54) is 4.68 Å². The van der Waals surface area contributed by atoms with Gasteiger partial charge in [-0.2, -0.15) is 5.10 Å². The van der Waals surface area contributed by atoms with Crippen LogP contribution in [0.15, 0.2) is 18.2 Å². The quantitative estimate of drug-likeness (QED) is 0.603. The molecule has 1 aliphatic carbocycles. The Kier molecular flexibility index (Phi) is 4.66. The maximum Gasteiger partial charge on any atom is 0.312 e. The number of nitrogens with zero attached hydrogens (tertiary/aromatic N) is 3. The van der Waals surface area contributed by atoms with Gasteiger partial charge in [-0.15, -0.1) is 0 Å². The summed E-state index contributed by atoms with van der Waals surface area (Å²) in [6, 6.07) is 5.61. The highest BCUT2D eigenvalue weighted by Crippen LogP contribution is 2.43. The lowest BCUT2D eigenvalue weighted by molar-refractivity contribution is -0.386. The number of rotatable bonds is 6. The van der Waals surface area contributed by atoms with Crippen LogP contribution in [0.4, 0.5) is 5.69 Å². The van der Waals surface area contributed by atoms with Crippen LogP contribution < -0.4 is 14.8 Å². The number of amides is 1. The minimum absolute atomic E-state index is 0.0432. The second kappa shape index (κ2) is 7.14. The molecule has 1 aromatic carbocycles. The van der Waals surface area contributed by atoms with Crippen LogP contribution in [0.2, 0.25) is 0 Å². The summed E-state index contributed by atoms with van der Waals surface area (Å²) in [4.78, 5) is 23.3. The molecule has 1 aromatic heterocycles. The average molecular weight is 386 g/mol.